The van der Waals surface area contributed by atoms with Crippen LogP contribution in [-0.2, 0) is 14.8 Å². The maximum atomic E-state index is 13.3. The van der Waals surface area contributed by atoms with Gasteiger partial charge in [-0.1, -0.05) is 37.5 Å². The lowest BCUT2D eigenvalue weighted by Crippen LogP contribution is -2.47. The molecule has 1 amide bonds. The second-order valence-electron chi connectivity index (χ2n) is 7.83. The van der Waals surface area contributed by atoms with Crippen molar-refractivity contribution in [3.63, 3.8) is 0 Å². The molecule has 0 saturated heterocycles. The van der Waals surface area contributed by atoms with Crippen molar-refractivity contribution in [2.75, 3.05) is 13.7 Å². The highest BCUT2D eigenvalue weighted by atomic mass is 32.2. The Morgan fingerprint density at radius 1 is 1.13 bits per heavy atom. The number of hydrogen-bond donors (Lipinski definition) is 1. The number of nitrogens with zero attached hydrogens (tertiary/aromatic N) is 1. The first-order chi connectivity index (χ1) is 14.8. The fourth-order valence-corrected chi connectivity index (χ4v) is 5.69. The van der Waals surface area contributed by atoms with Crippen molar-refractivity contribution in [3.05, 3.63) is 59.9 Å². The third-order valence-corrected chi connectivity index (χ3v) is 7.60. The van der Waals surface area contributed by atoms with Gasteiger partial charge >= 0.3 is 0 Å². The number of amides is 1. The Labute approximate surface area is 183 Å². The minimum Gasteiger partial charge on any atom is -0.496 e. The zero-order chi connectivity index (χ0) is 22.4. The Morgan fingerprint density at radius 2 is 1.77 bits per heavy atom. The van der Waals surface area contributed by atoms with E-state index in [1.165, 1.54) is 16.4 Å². The van der Waals surface area contributed by atoms with E-state index in [4.69, 9.17) is 4.74 Å². The van der Waals surface area contributed by atoms with Gasteiger partial charge in [0.15, 0.2) is 0 Å². The summed E-state index contributed by atoms with van der Waals surface area (Å²) in [5.74, 6) is -0.250. The number of benzene rings is 2. The smallest absolute Gasteiger partial charge is 0.243 e. The normalized spacial score (nSPS) is 16.1. The van der Waals surface area contributed by atoms with Crippen LogP contribution in [0.2, 0.25) is 0 Å². The molecule has 1 atom stereocenters. The zero-order valence-corrected chi connectivity index (χ0v) is 18.7. The highest BCUT2D eigenvalue weighted by molar-refractivity contribution is 7.89. The van der Waals surface area contributed by atoms with Crippen LogP contribution in [-0.4, -0.2) is 38.3 Å². The molecule has 1 aliphatic rings. The predicted octanol–water partition coefficient (Wildman–Crippen LogP) is 4.04. The van der Waals surface area contributed by atoms with Gasteiger partial charge in [0.25, 0.3) is 0 Å². The van der Waals surface area contributed by atoms with E-state index in [0.29, 0.717) is 18.6 Å². The Bertz CT molecular complexity index is 989. The SMILES string of the molecule is COc1ccccc1C(C)NC(=O)CN(C1CCCCC1)S(=O)(=O)c1ccc(F)cc1. The Kier molecular flexibility index (Phi) is 7.67. The van der Waals surface area contributed by atoms with E-state index in [1.54, 1.807) is 7.11 Å². The summed E-state index contributed by atoms with van der Waals surface area (Å²) in [5.41, 5.74) is 0.809. The van der Waals surface area contributed by atoms with Crippen LogP contribution in [0.1, 0.15) is 50.6 Å². The van der Waals surface area contributed by atoms with Crippen molar-refractivity contribution in [3.8, 4) is 5.75 Å². The van der Waals surface area contributed by atoms with Crippen LogP contribution in [0, 0.1) is 5.82 Å². The van der Waals surface area contributed by atoms with Gasteiger partial charge in [0, 0.05) is 11.6 Å². The first-order valence-corrected chi connectivity index (χ1v) is 12.0. The first kappa shape index (κ1) is 23.2. The lowest BCUT2D eigenvalue weighted by Gasteiger charge is -2.33. The molecule has 1 fully saturated rings. The molecule has 0 bridgehead atoms. The van der Waals surface area contributed by atoms with Crippen LogP contribution < -0.4 is 10.1 Å². The molecule has 168 valence electrons. The van der Waals surface area contributed by atoms with Crippen molar-refractivity contribution in [1.29, 1.82) is 0 Å². The second-order valence-corrected chi connectivity index (χ2v) is 9.72. The molecule has 0 radical (unpaired) electrons. The molecule has 0 heterocycles. The monoisotopic (exact) mass is 448 g/mol. The molecule has 1 saturated carbocycles. The van der Waals surface area contributed by atoms with E-state index >= 15 is 0 Å². The molecular formula is C23H29FN2O4S. The maximum Gasteiger partial charge on any atom is 0.243 e. The molecule has 1 aliphatic carbocycles. The van der Waals surface area contributed by atoms with Gasteiger partial charge in [-0.05, 0) is 50.1 Å². The fraction of sp³-hybridized carbons (Fsp3) is 0.435. The van der Waals surface area contributed by atoms with E-state index in [1.807, 2.05) is 31.2 Å². The van der Waals surface area contributed by atoms with E-state index in [2.05, 4.69) is 5.32 Å². The summed E-state index contributed by atoms with van der Waals surface area (Å²) in [5, 5.41) is 2.89. The van der Waals surface area contributed by atoms with Gasteiger partial charge in [0.1, 0.15) is 11.6 Å². The first-order valence-electron chi connectivity index (χ1n) is 10.5. The number of methoxy groups -OCH3 is 1. The fourth-order valence-electron chi connectivity index (χ4n) is 4.05. The molecule has 6 nitrogen and oxygen atoms in total. The summed E-state index contributed by atoms with van der Waals surface area (Å²) in [4.78, 5) is 12.9. The zero-order valence-electron chi connectivity index (χ0n) is 17.9. The summed E-state index contributed by atoms with van der Waals surface area (Å²) >= 11 is 0. The number of hydrogen-bond acceptors (Lipinski definition) is 4. The third kappa shape index (κ3) is 5.62. The van der Waals surface area contributed by atoms with E-state index in [-0.39, 0.29) is 23.5 Å². The number of carbonyl (C=O) groups is 1. The number of rotatable bonds is 8. The van der Waals surface area contributed by atoms with Crippen molar-refractivity contribution in [2.45, 2.75) is 56.0 Å². The summed E-state index contributed by atoms with van der Waals surface area (Å²) in [6, 6.07) is 11.5. The van der Waals surface area contributed by atoms with Crippen LogP contribution in [0.3, 0.4) is 0 Å². The molecule has 1 N–H and O–H groups in total. The van der Waals surface area contributed by atoms with Gasteiger partial charge in [-0.2, -0.15) is 4.31 Å². The molecule has 3 rings (SSSR count). The Balaban J connectivity index is 1.81. The lowest BCUT2D eigenvalue weighted by molar-refractivity contribution is -0.122. The molecule has 0 aromatic heterocycles. The van der Waals surface area contributed by atoms with Crippen LogP contribution in [0.4, 0.5) is 4.39 Å². The lowest BCUT2D eigenvalue weighted by atomic mass is 9.95. The van der Waals surface area contributed by atoms with E-state index < -0.39 is 21.7 Å². The Morgan fingerprint density at radius 3 is 2.42 bits per heavy atom. The van der Waals surface area contributed by atoms with E-state index in [9.17, 15) is 17.6 Å². The quantitative estimate of drug-likeness (QED) is 0.661. The number of para-hydroxylation sites is 1. The minimum atomic E-state index is -3.94. The highest BCUT2D eigenvalue weighted by Crippen LogP contribution is 2.28. The second kappa shape index (κ2) is 10.2. The molecule has 2 aromatic rings. The highest BCUT2D eigenvalue weighted by Gasteiger charge is 2.34. The van der Waals surface area contributed by atoms with Gasteiger partial charge in [0.05, 0.1) is 24.6 Å². The topological polar surface area (TPSA) is 75.7 Å². The number of carbonyl (C=O) groups excluding carboxylic acids is 1. The number of nitrogens with one attached hydrogen (secondary N) is 1. The van der Waals surface area contributed by atoms with Gasteiger partial charge in [-0.3, -0.25) is 4.79 Å². The average Bonchev–Trinajstić information content (AvgIpc) is 2.78. The third-order valence-electron chi connectivity index (χ3n) is 5.68. The maximum absolute atomic E-state index is 13.3. The molecule has 31 heavy (non-hydrogen) atoms. The Hall–Kier alpha value is -2.45. The predicted molar refractivity (Wildman–Crippen MR) is 117 cm³/mol. The van der Waals surface area contributed by atoms with Gasteiger partial charge in [-0.25, -0.2) is 12.8 Å². The number of ether oxygens (including phenoxy) is 1. The molecule has 0 spiro atoms. The molecular weight excluding hydrogens is 419 g/mol. The van der Waals surface area contributed by atoms with Crippen molar-refractivity contribution >= 4 is 15.9 Å². The van der Waals surface area contributed by atoms with Gasteiger partial charge in [0.2, 0.25) is 15.9 Å². The molecule has 0 aliphatic heterocycles. The number of sulfonamides is 1. The van der Waals surface area contributed by atoms with Crippen molar-refractivity contribution in [1.82, 2.24) is 9.62 Å². The number of halogens is 1. The van der Waals surface area contributed by atoms with Gasteiger partial charge < -0.3 is 10.1 Å². The minimum absolute atomic E-state index is 0.00921. The summed E-state index contributed by atoms with van der Waals surface area (Å²) in [6.07, 6.45) is 4.29. The summed E-state index contributed by atoms with van der Waals surface area (Å²) < 4.78 is 46.6. The van der Waals surface area contributed by atoms with Crippen LogP contribution >= 0.6 is 0 Å². The molecule has 8 heteroatoms. The van der Waals surface area contributed by atoms with Crippen LogP contribution in [0.15, 0.2) is 53.4 Å². The average molecular weight is 449 g/mol. The van der Waals surface area contributed by atoms with Crippen molar-refractivity contribution < 1.29 is 22.3 Å². The van der Waals surface area contributed by atoms with E-state index in [0.717, 1.165) is 37.0 Å². The largest absolute Gasteiger partial charge is 0.496 e. The summed E-state index contributed by atoms with van der Waals surface area (Å²) in [7, 11) is -2.38. The van der Waals surface area contributed by atoms with Gasteiger partial charge in [-0.15, -0.1) is 0 Å². The molecule has 2 aromatic carbocycles. The van der Waals surface area contributed by atoms with Crippen LogP contribution in [0.25, 0.3) is 0 Å². The van der Waals surface area contributed by atoms with Crippen molar-refractivity contribution in [2.24, 2.45) is 0 Å². The summed E-state index contributed by atoms with van der Waals surface area (Å²) in [6.45, 7) is 1.54. The van der Waals surface area contributed by atoms with Crippen LogP contribution in [0.5, 0.6) is 5.75 Å². The standard InChI is InChI=1S/C23H29FN2O4S/c1-17(21-10-6-7-11-22(21)30-2)25-23(27)16-26(19-8-4-3-5-9-19)31(28,29)20-14-12-18(24)13-15-20/h6-7,10-15,17,19H,3-5,8-9,16H2,1-2H3,(H,25,27). The molecule has 1 unspecified atom stereocenters.